The molecule has 0 fully saturated rings. The Morgan fingerprint density at radius 2 is 1.04 bits per heavy atom. The van der Waals surface area contributed by atoms with Crippen LogP contribution in [0.15, 0.2) is 66.9 Å². The average molecular weight is 392 g/mol. The van der Waals surface area contributed by atoms with Gasteiger partial charge < -0.3 is 34.1 Å². The van der Waals surface area contributed by atoms with Gasteiger partial charge in [-0.3, -0.25) is 0 Å². The van der Waals surface area contributed by atoms with Crippen LogP contribution in [0.2, 0.25) is 0 Å². The minimum atomic E-state index is -4.64. The molecule has 6 N–H and O–H groups in total. The summed E-state index contributed by atoms with van der Waals surface area (Å²) in [6.07, 6.45) is 3.64. The summed E-state index contributed by atoms with van der Waals surface area (Å²) in [5.41, 5.74) is 1.13. The molecule has 11 heteroatoms. The van der Waals surface area contributed by atoms with Crippen LogP contribution in [0.5, 0.6) is 5.75 Å². The topological polar surface area (TPSA) is 165 Å². The predicted molar refractivity (Wildman–Crippen MR) is 91.1 cm³/mol. The van der Waals surface area contributed by atoms with Crippen molar-refractivity contribution in [3.8, 4) is 5.75 Å². The van der Waals surface area contributed by atoms with Crippen LogP contribution in [0, 0.1) is 0 Å². The normalized spacial score (nSPS) is 11.0. The Bertz CT molecular complexity index is 671. The summed E-state index contributed by atoms with van der Waals surface area (Å²) < 4.78 is 23.2. The Labute approximate surface area is 144 Å². The number of ether oxygens (including phenoxy) is 1. The van der Waals surface area contributed by atoms with Crippen LogP contribution in [0.4, 0.5) is 0 Å². The summed E-state index contributed by atoms with van der Waals surface area (Å²) >= 11 is 0. The third-order valence-electron chi connectivity index (χ3n) is 2.01. The molecule has 0 aliphatic carbocycles. The zero-order valence-corrected chi connectivity index (χ0v) is 14.5. The van der Waals surface area contributed by atoms with Crippen molar-refractivity contribution < 1.29 is 43.2 Å². The number of para-hydroxylation sites is 1. The van der Waals surface area contributed by atoms with Gasteiger partial charge in [-0.15, -0.1) is 0 Å². The van der Waals surface area contributed by atoms with Gasteiger partial charge in [-0.1, -0.05) is 48.5 Å². The van der Waals surface area contributed by atoms with E-state index in [2.05, 4.69) is 0 Å². The Morgan fingerprint density at radius 3 is 1.44 bits per heavy atom. The summed E-state index contributed by atoms with van der Waals surface area (Å²) in [6.45, 7) is 0. The second kappa shape index (κ2) is 11.7. The molecule has 25 heavy (non-hydrogen) atoms. The van der Waals surface area contributed by atoms with Gasteiger partial charge in [-0.25, -0.2) is 9.13 Å². The molecule has 0 aliphatic heterocycles. The zero-order valence-electron chi connectivity index (χ0n) is 12.7. The van der Waals surface area contributed by atoms with Crippen LogP contribution >= 0.6 is 15.6 Å². The molecule has 138 valence electrons. The lowest BCUT2D eigenvalue weighted by Gasteiger charge is -1.98. The lowest BCUT2D eigenvalue weighted by molar-refractivity contribution is 0.272. The molecular formula is C14H18O9P2. The lowest BCUT2D eigenvalue weighted by Crippen LogP contribution is -1.80. The highest BCUT2D eigenvalue weighted by Gasteiger charge is 2.00. The molecule has 2 aromatic carbocycles. The Balaban J connectivity index is 0.000000480. The summed E-state index contributed by atoms with van der Waals surface area (Å²) in [5, 5.41) is 0. The van der Waals surface area contributed by atoms with Crippen LogP contribution in [-0.4, -0.2) is 29.4 Å². The fourth-order valence-corrected chi connectivity index (χ4v) is 1.25. The molecule has 0 amide bonds. The number of hydrogen-bond donors (Lipinski definition) is 6. The smallest absolute Gasteiger partial charge is 0.465 e. The first kappa shape index (κ1) is 23.2. The van der Waals surface area contributed by atoms with Gasteiger partial charge >= 0.3 is 15.6 Å². The highest BCUT2D eigenvalue weighted by atomic mass is 31.2. The molecule has 0 heterocycles. The van der Waals surface area contributed by atoms with E-state index in [4.69, 9.17) is 43.2 Å². The van der Waals surface area contributed by atoms with E-state index in [0.717, 1.165) is 11.3 Å². The first-order valence-corrected chi connectivity index (χ1v) is 9.58. The molecule has 0 atom stereocenters. The van der Waals surface area contributed by atoms with Crippen LogP contribution < -0.4 is 4.74 Å². The first-order chi connectivity index (χ1) is 11.4. The van der Waals surface area contributed by atoms with E-state index in [1.807, 2.05) is 66.7 Å². The maximum Gasteiger partial charge on any atom is 0.466 e. The summed E-state index contributed by atoms with van der Waals surface area (Å²) in [5.74, 6) is 0.852. The van der Waals surface area contributed by atoms with Gasteiger partial charge in [0.05, 0.1) is 6.26 Å². The number of phosphoric acid groups is 2. The van der Waals surface area contributed by atoms with Crippen molar-refractivity contribution in [2.24, 2.45) is 0 Å². The fraction of sp³-hybridized carbons (Fsp3) is 0. The predicted octanol–water partition coefficient (Wildman–Crippen LogP) is 1.88. The molecule has 0 saturated heterocycles. The molecule has 0 bridgehead atoms. The molecule has 0 unspecified atom stereocenters. The summed E-state index contributed by atoms with van der Waals surface area (Å²) in [4.78, 5) is 43.1. The molecule has 2 aromatic rings. The van der Waals surface area contributed by atoms with E-state index in [0.29, 0.717) is 0 Å². The fourth-order valence-electron chi connectivity index (χ4n) is 1.25. The van der Waals surface area contributed by atoms with Crippen molar-refractivity contribution in [3.05, 3.63) is 72.5 Å². The Morgan fingerprint density at radius 1 is 0.680 bits per heavy atom. The maximum absolute atomic E-state index is 8.88. The Kier molecular flexibility index (Phi) is 10.9. The van der Waals surface area contributed by atoms with Crippen LogP contribution in [0.1, 0.15) is 5.56 Å². The minimum absolute atomic E-state index is 0.852. The molecule has 0 aromatic heterocycles. The van der Waals surface area contributed by atoms with Gasteiger partial charge in [0, 0.05) is 0 Å². The van der Waals surface area contributed by atoms with Gasteiger partial charge in [0.1, 0.15) is 5.75 Å². The van der Waals surface area contributed by atoms with E-state index >= 15 is 0 Å². The van der Waals surface area contributed by atoms with E-state index < -0.39 is 15.6 Å². The monoisotopic (exact) mass is 392 g/mol. The third kappa shape index (κ3) is 22.2. The van der Waals surface area contributed by atoms with Crippen molar-refractivity contribution in [2.45, 2.75) is 0 Å². The van der Waals surface area contributed by atoms with Crippen LogP contribution in [0.25, 0.3) is 6.08 Å². The van der Waals surface area contributed by atoms with Gasteiger partial charge in [0.25, 0.3) is 0 Å². The average Bonchev–Trinajstić information content (AvgIpc) is 2.46. The van der Waals surface area contributed by atoms with E-state index in [-0.39, 0.29) is 0 Å². The van der Waals surface area contributed by atoms with Crippen molar-refractivity contribution >= 4 is 21.7 Å². The Hall–Kier alpha value is -1.80. The second-order valence-corrected chi connectivity index (χ2v) is 6.22. The molecule has 9 nitrogen and oxygen atoms in total. The molecule has 0 saturated carbocycles. The minimum Gasteiger partial charge on any atom is -0.465 e. The van der Waals surface area contributed by atoms with Crippen molar-refractivity contribution in [2.75, 3.05) is 0 Å². The SMILES string of the molecule is C(=Cc1ccccc1)Oc1ccccc1.O=P(O)(O)O.O=P(O)(O)O. The standard InChI is InChI=1S/C14H12O.2H3O4P/c1-3-7-13(8-4-1)11-12-15-14-9-5-2-6-10-14;2*1-5(2,3)4/h1-12H;2*(H3,1,2,3,4). The van der Waals surface area contributed by atoms with Gasteiger partial charge in [-0.2, -0.15) is 0 Å². The van der Waals surface area contributed by atoms with Crippen LogP contribution in [0.3, 0.4) is 0 Å². The van der Waals surface area contributed by atoms with Crippen molar-refractivity contribution in [1.82, 2.24) is 0 Å². The molecule has 0 aliphatic rings. The molecular weight excluding hydrogens is 374 g/mol. The summed E-state index contributed by atoms with van der Waals surface area (Å²) in [6, 6.07) is 19.8. The van der Waals surface area contributed by atoms with E-state index in [1.165, 1.54) is 0 Å². The van der Waals surface area contributed by atoms with Crippen molar-refractivity contribution in [1.29, 1.82) is 0 Å². The van der Waals surface area contributed by atoms with Gasteiger partial charge in [-0.05, 0) is 23.8 Å². The largest absolute Gasteiger partial charge is 0.466 e. The van der Waals surface area contributed by atoms with E-state index in [1.54, 1.807) is 6.26 Å². The molecule has 0 radical (unpaired) electrons. The highest BCUT2D eigenvalue weighted by molar-refractivity contribution is 7.45. The second-order valence-electron chi connectivity index (χ2n) is 4.17. The zero-order chi connectivity index (χ0) is 19.3. The number of rotatable bonds is 3. The number of benzene rings is 2. The van der Waals surface area contributed by atoms with Gasteiger partial charge in [0.2, 0.25) is 0 Å². The maximum atomic E-state index is 8.88. The highest BCUT2D eigenvalue weighted by Crippen LogP contribution is 2.26. The van der Waals surface area contributed by atoms with Gasteiger partial charge in [0.15, 0.2) is 0 Å². The third-order valence-corrected chi connectivity index (χ3v) is 2.01. The van der Waals surface area contributed by atoms with E-state index in [9.17, 15) is 0 Å². The van der Waals surface area contributed by atoms with Crippen molar-refractivity contribution in [3.63, 3.8) is 0 Å². The first-order valence-electron chi connectivity index (χ1n) is 6.45. The summed E-state index contributed by atoms with van der Waals surface area (Å²) in [7, 11) is -9.28. The molecule has 2 rings (SSSR count). The van der Waals surface area contributed by atoms with Crippen LogP contribution in [-0.2, 0) is 9.13 Å². The lowest BCUT2D eigenvalue weighted by atomic mass is 10.2. The number of hydrogen-bond acceptors (Lipinski definition) is 3. The quantitative estimate of drug-likeness (QED) is 0.338. The molecule has 0 spiro atoms.